The van der Waals surface area contributed by atoms with Crippen LogP contribution in [0, 0.1) is 0 Å². The minimum absolute atomic E-state index is 0.105. The fourth-order valence-electron chi connectivity index (χ4n) is 1.59. The van der Waals surface area contributed by atoms with Gasteiger partial charge in [-0.05, 0) is 32.4 Å². The summed E-state index contributed by atoms with van der Waals surface area (Å²) in [4.78, 5) is 0.105. The van der Waals surface area contributed by atoms with Crippen molar-refractivity contribution in [3.63, 3.8) is 0 Å². The lowest BCUT2D eigenvalue weighted by atomic mass is 10.2. The third-order valence-electron chi connectivity index (χ3n) is 2.26. The summed E-state index contributed by atoms with van der Waals surface area (Å²) in [5.74, 6) is 0. The van der Waals surface area contributed by atoms with Crippen LogP contribution in [-0.2, 0) is 13.6 Å². The standard InChI is InChI=1S/C12H18BrO3P/c1-4-15-17(14,16-5-2)12-9-7-6-8-11(12)10(3)13/h6-10H,4-5H2,1-3H3. The van der Waals surface area contributed by atoms with Crippen LogP contribution in [0.3, 0.4) is 0 Å². The largest absolute Gasteiger partial charge is 0.361 e. The first-order valence-corrected chi connectivity index (χ1v) is 8.13. The predicted octanol–water partition coefficient (Wildman–Crippen LogP) is 4.03. The maximum absolute atomic E-state index is 12.7. The first-order valence-electron chi connectivity index (χ1n) is 5.67. The first kappa shape index (κ1) is 14.9. The second-order valence-electron chi connectivity index (χ2n) is 3.51. The summed E-state index contributed by atoms with van der Waals surface area (Å²) >= 11 is 3.50. The predicted molar refractivity (Wildman–Crippen MR) is 74.3 cm³/mol. The highest BCUT2D eigenvalue weighted by atomic mass is 79.9. The number of hydrogen-bond donors (Lipinski definition) is 0. The molecule has 0 spiro atoms. The van der Waals surface area contributed by atoms with Gasteiger partial charge in [-0.25, -0.2) is 0 Å². The van der Waals surface area contributed by atoms with Gasteiger partial charge >= 0.3 is 7.60 Å². The second kappa shape index (κ2) is 6.69. The first-order chi connectivity index (χ1) is 8.05. The van der Waals surface area contributed by atoms with E-state index < -0.39 is 7.60 Å². The Hall–Kier alpha value is -0.150. The van der Waals surface area contributed by atoms with Gasteiger partial charge in [-0.2, -0.15) is 0 Å². The molecule has 5 heteroatoms. The van der Waals surface area contributed by atoms with E-state index in [4.69, 9.17) is 9.05 Å². The monoisotopic (exact) mass is 320 g/mol. The Bertz CT molecular complexity index is 396. The Morgan fingerprint density at radius 3 is 2.24 bits per heavy atom. The molecule has 0 aliphatic rings. The van der Waals surface area contributed by atoms with Crippen molar-refractivity contribution in [2.45, 2.75) is 25.6 Å². The van der Waals surface area contributed by atoms with Crippen LogP contribution < -0.4 is 5.30 Å². The maximum atomic E-state index is 12.7. The molecule has 0 bridgehead atoms. The van der Waals surface area contributed by atoms with E-state index in [1.54, 1.807) is 6.07 Å². The molecule has 96 valence electrons. The zero-order valence-electron chi connectivity index (χ0n) is 10.4. The summed E-state index contributed by atoms with van der Waals surface area (Å²) in [5, 5.41) is 0.646. The van der Waals surface area contributed by atoms with Gasteiger partial charge in [0.1, 0.15) is 0 Å². The average Bonchev–Trinajstić information content (AvgIpc) is 2.29. The van der Waals surface area contributed by atoms with Gasteiger partial charge in [-0.3, -0.25) is 4.57 Å². The van der Waals surface area contributed by atoms with Crippen LogP contribution in [0.25, 0.3) is 0 Å². The van der Waals surface area contributed by atoms with Crippen LogP contribution in [0.4, 0.5) is 0 Å². The molecule has 0 aromatic heterocycles. The Balaban J connectivity index is 3.23. The van der Waals surface area contributed by atoms with Crippen molar-refractivity contribution in [3.8, 4) is 0 Å². The molecule has 0 aliphatic carbocycles. The molecule has 0 fully saturated rings. The molecule has 1 unspecified atom stereocenters. The SMILES string of the molecule is CCOP(=O)(OCC)c1ccccc1C(C)Br. The minimum Gasteiger partial charge on any atom is -0.305 e. The van der Waals surface area contributed by atoms with Gasteiger partial charge in [0.15, 0.2) is 0 Å². The lowest BCUT2D eigenvalue weighted by Crippen LogP contribution is -2.15. The molecule has 3 nitrogen and oxygen atoms in total. The van der Waals surface area contributed by atoms with E-state index in [2.05, 4.69) is 15.9 Å². The highest BCUT2D eigenvalue weighted by molar-refractivity contribution is 9.09. The zero-order chi connectivity index (χ0) is 12.9. The molecule has 1 atom stereocenters. The van der Waals surface area contributed by atoms with Crippen LogP contribution in [0.15, 0.2) is 24.3 Å². The summed E-state index contributed by atoms with van der Waals surface area (Å²) in [6.07, 6.45) is 0. The van der Waals surface area contributed by atoms with E-state index in [1.807, 2.05) is 39.0 Å². The van der Waals surface area contributed by atoms with Gasteiger partial charge in [-0.15, -0.1) is 0 Å². The Morgan fingerprint density at radius 1 is 1.24 bits per heavy atom. The van der Waals surface area contributed by atoms with Crippen molar-refractivity contribution in [3.05, 3.63) is 29.8 Å². The third kappa shape index (κ3) is 3.65. The molecular weight excluding hydrogens is 303 g/mol. The molecule has 1 aromatic rings. The van der Waals surface area contributed by atoms with Crippen LogP contribution >= 0.6 is 23.5 Å². The molecule has 1 aromatic carbocycles. The fourth-order valence-corrected chi connectivity index (χ4v) is 4.05. The van der Waals surface area contributed by atoms with Crippen molar-refractivity contribution in [2.24, 2.45) is 0 Å². The molecule has 0 amide bonds. The van der Waals surface area contributed by atoms with Crippen molar-refractivity contribution in [1.29, 1.82) is 0 Å². The number of rotatable bonds is 6. The van der Waals surface area contributed by atoms with Gasteiger partial charge < -0.3 is 9.05 Å². The van der Waals surface area contributed by atoms with Crippen molar-refractivity contribution >= 4 is 28.8 Å². The van der Waals surface area contributed by atoms with E-state index in [-0.39, 0.29) is 4.83 Å². The summed E-state index contributed by atoms with van der Waals surface area (Å²) < 4.78 is 23.4. The Kier molecular flexibility index (Phi) is 5.87. The maximum Gasteiger partial charge on any atom is 0.361 e. The van der Waals surface area contributed by atoms with E-state index in [0.717, 1.165) is 5.56 Å². The Morgan fingerprint density at radius 2 is 1.76 bits per heavy atom. The zero-order valence-corrected chi connectivity index (χ0v) is 12.8. The molecule has 0 N–H and O–H groups in total. The van der Waals surface area contributed by atoms with Crippen molar-refractivity contribution in [1.82, 2.24) is 0 Å². The third-order valence-corrected chi connectivity index (χ3v) is 4.95. The van der Waals surface area contributed by atoms with Crippen molar-refractivity contribution in [2.75, 3.05) is 13.2 Å². The smallest absolute Gasteiger partial charge is 0.305 e. The Labute approximate surface area is 111 Å². The van der Waals surface area contributed by atoms with Crippen LogP contribution in [-0.4, -0.2) is 13.2 Å². The number of hydrogen-bond acceptors (Lipinski definition) is 3. The lowest BCUT2D eigenvalue weighted by Gasteiger charge is -2.20. The topological polar surface area (TPSA) is 35.5 Å². The summed E-state index contributed by atoms with van der Waals surface area (Å²) in [7, 11) is -3.19. The summed E-state index contributed by atoms with van der Waals surface area (Å²) in [5.41, 5.74) is 0.942. The quantitative estimate of drug-likeness (QED) is 0.586. The van der Waals surface area contributed by atoms with Gasteiger partial charge in [0.05, 0.1) is 18.5 Å². The van der Waals surface area contributed by atoms with Crippen LogP contribution in [0.2, 0.25) is 0 Å². The van der Waals surface area contributed by atoms with E-state index >= 15 is 0 Å². The van der Waals surface area contributed by atoms with Gasteiger partial charge in [0, 0.05) is 4.83 Å². The average molecular weight is 321 g/mol. The summed E-state index contributed by atoms with van der Waals surface area (Å²) in [6.45, 7) is 6.34. The van der Waals surface area contributed by atoms with Crippen molar-refractivity contribution < 1.29 is 13.6 Å². The van der Waals surface area contributed by atoms with Crippen LogP contribution in [0.1, 0.15) is 31.2 Å². The van der Waals surface area contributed by atoms with Gasteiger partial charge in [0.25, 0.3) is 0 Å². The number of benzene rings is 1. The molecule has 17 heavy (non-hydrogen) atoms. The van der Waals surface area contributed by atoms with E-state index in [9.17, 15) is 4.57 Å². The summed E-state index contributed by atoms with van der Waals surface area (Å²) in [6, 6.07) is 7.50. The molecule has 1 rings (SSSR count). The highest BCUT2D eigenvalue weighted by Gasteiger charge is 2.30. The molecule has 0 heterocycles. The minimum atomic E-state index is -3.19. The molecule has 0 saturated heterocycles. The fraction of sp³-hybridized carbons (Fsp3) is 0.500. The van der Waals surface area contributed by atoms with Gasteiger partial charge in [-0.1, -0.05) is 34.1 Å². The molecule has 0 aliphatic heterocycles. The molecule has 0 radical (unpaired) electrons. The van der Waals surface area contributed by atoms with E-state index in [1.165, 1.54) is 0 Å². The van der Waals surface area contributed by atoms with Crippen LogP contribution in [0.5, 0.6) is 0 Å². The number of alkyl halides is 1. The second-order valence-corrected chi connectivity index (χ2v) is 6.87. The lowest BCUT2D eigenvalue weighted by molar-refractivity contribution is 0.229. The van der Waals surface area contributed by atoms with E-state index in [0.29, 0.717) is 18.5 Å². The highest BCUT2D eigenvalue weighted by Crippen LogP contribution is 2.48. The number of halogens is 1. The normalized spacial score (nSPS) is 13.6. The molecule has 0 saturated carbocycles. The van der Waals surface area contributed by atoms with Gasteiger partial charge in [0.2, 0.25) is 0 Å². The molecular formula is C12H18BrO3P.